The van der Waals surface area contributed by atoms with Gasteiger partial charge in [0.15, 0.2) is 0 Å². The predicted molar refractivity (Wildman–Crippen MR) is 84.9 cm³/mol. The molecule has 0 atom stereocenters. The number of nitrogens with zero attached hydrogens (tertiary/aromatic N) is 3. The summed E-state index contributed by atoms with van der Waals surface area (Å²) in [6, 6.07) is 3.45. The number of likely N-dealkylation sites (N-methyl/N-ethyl adjacent to an activating group) is 1. The van der Waals surface area contributed by atoms with Crippen LogP contribution in [0.25, 0.3) is 0 Å². The van der Waals surface area contributed by atoms with Gasteiger partial charge >= 0.3 is 0 Å². The Labute approximate surface area is 136 Å². The van der Waals surface area contributed by atoms with Crippen molar-refractivity contribution in [3.05, 3.63) is 30.1 Å². The van der Waals surface area contributed by atoms with Crippen LogP contribution in [-0.4, -0.2) is 65.0 Å². The standard InChI is InChI=1S/C17H23N3O3/c1-2-20-15(21)5-10-19(13-17(20)6-11-23-12-7-17)16(22)14-3-8-18-9-4-14/h3-4,8-9H,2,5-7,10-13H2,1H3. The lowest BCUT2D eigenvalue weighted by Gasteiger charge is -2.46. The molecule has 2 aliphatic heterocycles. The third-order valence-corrected chi connectivity index (χ3v) is 4.91. The van der Waals surface area contributed by atoms with Gasteiger partial charge in [-0.05, 0) is 31.9 Å². The number of pyridine rings is 1. The minimum atomic E-state index is -0.288. The third kappa shape index (κ3) is 3.08. The van der Waals surface area contributed by atoms with Crippen molar-refractivity contribution in [2.45, 2.75) is 31.7 Å². The summed E-state index contributed by atoms with van der Waals surface area (Å²) in [6.45, 7) is 5.02. The van der Waals surface area contributed by atoms with E-state index in [1.807, 2.05) is 16.7 Å². The van der Waals surface area contributed by atoms with Gasteiger partial charge in [0.2, 0.25) is 5.91 Å². The lowest BCUT2D eigenvalue weighted by molar-refractivity contribution is -0.139. The number of carbonyl (C=O) groups excluding carboxylic acids is 2. The topological polar surface area (TPSA) is 62.7 Å². The molecule has 2 amide bonds. The molecular weight excluding hydrogens is 294 g/mol. The molecule has 1 aromatic rings. The van der Waals surface area contributed by atoms with E-state index in [-0.39, 0.29) is 17.4 Å². The Morgan fingerprint density at radius 3 is 2.65 bits per heavy atom. The van der Waals surface area contributed by atoms with Crippen LogP contribution in [0.1, 0.15) is 36.5 Å². The highest BCUT2D eigenvalue weighted by Gasteiger charge is 2.44. The van der Waals surface area contributed by atoms with Gasteiger partial charge in [-0.2, -0.15) is 0 Å². The molecule has 0 unspecified atom stereocenters. The third-order valence-electron chi connectivity index (χ3n) is 4.91. The molecule has 0 aromatic carbocycles. The fourth-order valence-electron chi connectivity index (χ4n) is 3.69. The molecule has 6 heteroatoms. The highest BCUT2D eigenvalue weighted by Crippen LogP contribution is 2.32. The van der Waals surface area contributed by atoms with E-state index in [1.165, 1.54) is 0 Å². The van der Waals surface area contributed by atoms with E-state index in [0.717, 1.165) is 12.8 Å². The van der Waals surface area contributed by atoms with E-state index in [1.54, 1.807) is 24.5 Å². The van der Waals surface area contributed by atoms with Crippen molar-refractivity contribution in [2.75, 3.05) is 32.8 Å². The zero-order valence-electron chi connectivity index (χ0n) is 13.5. The van der Waals surface area contributed by atoms with Crippen molar-refractivity contribution in [3.63, 3.8) is 0 Å². The average Bonchev–Trinajstić information content (AvgIpc) is 2.72. The first-order valence-electron chi connectivity index (χ1n) is 8.24. The van der Waals surface area contributed by atoms with Crippen LogP contribution < -0.4 is 0 Å². The van der Waals surface area contributed by atoms with Gasteiger partial charge in [0.1, 0.15) is 0 Å². The lowest BCUT2D eigenvalue weighted by Crippen LogP contribution is -2.58. The normalized spacial score (nSPS) is 21.3. The van der Waals surface area contributed by atoms with Gasteiger partial charge in [-0.15, -0.1) is 0 Å². The molecular formula is C17H23N3O3. The smallest absolute Gasteiger partial charge is 0.254 e. The number of amides is 2. The summed E-state index contributed by atoms with van der Waals surface area (Å²) in [6.07, 6.45) is 5.20. The summed E-state index contributed by atoms with van der Waals surface area (Å²) >= 11 is 0. The Morgan fingerprint density at radius 1 is 1.30 bits per heavy atom. The van der Waals surface area contributed by atoms with Gasteiger partial charge in [0.05, 0.1) is 5.54 Å². The molecule has 0 bridgehead atoms. The molecule has 3 rings (SSSR count). The van der Waals surface area contributed by atoms with Crippen LogP contribution in [0.3, 0.4) is 0 Å². The summed E-state index contributed by atoms with van der Waals surface area (Å²) in [4.78, 5) is 33.1. The van der Waals surface area contributed by atoms with Crippen LogP contribution in [0, 0.1) is 0 Å². The average molecular weight is 317 g/mol. The van der Waals surface area contributed by atoms with E-state index in [0.29, 0.717) is 44.8 Å². The van der Waals surface area contributed by atoms with Crippen LogP contribution in [0.5, 0.6) is 0 Å². The molecule has 124 valence electrons. The van der Waals surface area contributed by atoms with E-state index in [9.17, 15) is 9.59 Å². The molecule has 1 aromatic heterocycles. The van der Waals surface area contributed by atoms with Crippen LogP contribution in [0.2, 0.25) is 0 Å². The maximum Gasteiger partial charge on any atom is 0.254 e. The molecule has 0 aliphatic carbocycles. The molecule has 3 heterocycles. The van der Waals surface area contributed by atoms with Crippen LogP contribution in [-0.2, 0) is 9.53 Å². The number of hydrogen-bond acceptors (Lipinski definition) is 4. The Kier molecular flexibility index (Phi) is 4.61. The van der Waals surface area contributed by atoms with Crippen LogP contribution >= 0.6 is 0 Å². The Hall–Kier alpha value is -1.95. The van der Waals surface area contributed by atoms with Crippen molar-refractivity contribution in [3.8, 4) is 0 Å². The van der Waals surface area contributed by atoms with Crippen molar-refractivity contribution in [1.29, 1.82) is 0 Å². The van der Waals surface area contributed by atoms with E-state index in [4.69, 9.17) is 4.74 Å². The van der Waals surface area contributed by atoms with Gasteiger partial charge < -0.3 is 14.5 Å². The Morgan fingerprint density at radius 2 is 2.00 bits per heavy atom. The number of carbonyl (C=O) groups is 2. The molecule has 2 aliphatic rings. The van der Waals surface area contributed by atoms with Gasteiger partial charge in [0.25, 0.3) is 5.91 Å². The first-order valence-corrected chi connectivity index (χ1v) is 8.24. The summed E-state index contributed by atoms with van der Waals surface area (Å²) in [7, 11) is 0. The number of rotatable bonds is 2. The van der Waals surface area contributed by atoms with Crippen LogP contribution in [0.15, 0.2) is 24.5 Å². The summed E-state index contributed by atoms with van der Waals surface area (Å²) in [5.74, 6) is 0.114. The molecule has 1 spiro atoms. The molecule has 0 N–H and O–H groups in total. The van der Waals surface area contributed by atoms with E-state index in [2.05, 4.69) is 4.98 Å². The quantitative estimate of drug-likeness (QED) is 0.825. The summed E-state index contributed by atoms with van der Waals surface area (Å²) < 4.78 is 5.50. The van der Waals surface area contributed by atoms with Gasteiger partial charge in [-0.1, -0.05) is 0 Å². The van der Waals surface area contributed by atoms with E-state index < -0.39 is 0 Å². The van der Waals surface area contributed by atoms with Crippen molar-refractivity contribution < 1.29 is 14.3 Å². The maximum atomic E-state index is 12.8. The highest BCUT2D eigenvalue weighted by molar-refractivity contribution is 5.94. The van der Waals surface area contributed by atoms with Crippen molar-refractivity contribution >= 4 is 11.8 Å². The molecule has 0 saturated carbocycles. The number of aromatic nitrogens is 1. The maximum absolute atomic E-state index is 12.8. The zero-order chi connectivity index (χ0) is 16.3. The molecule has 23 heavy (non-hydrogen) atoms. The molecule has 2 fully saturated rings. The summed E-state index contributed by atoms with van der Waals surface area (Å²) in [5.41, 5.74) is 0.336. The molecule has 6 nitrogen and oxygen atoms in total. The second-order valence-corrected chi connectivity index (χ2v) is 6.19. The monoisotopic (exact) mass is 317 g/mol. The van der Waals surface area contributed by atoms with Gasteiger partial charge in [0, 0.05) is 57.2 Å². The minimum Gasteiger partial charge on any atom is -0.381 e. The van der Waals surface area contributed by atoms with Gasteiger partial charge in [-0.3, -0.25) is 14.6 Å². The lowest BCUT2D eigenvalue weighted by atomic mass is 9.87. The van der Waals surface area contributed by atoms with Crippen LogP contribution in [0.4, 0.5) is 0 Å². The fraction of sp³-hybridized carbons (Fsp3) is 0.588. The summed E-state index contributed by atoms with van der Waals surface area (Å²) in [5, 5.41) is 0. The largest absolute Gasteiger partial charge is 0.381 e. The van der Waals surface area contributed by atoms with Crippen molar-refractivity contribution in [1.82, 2.24) is 14.8 Å². The predicted octanol–water partition coefficient (Wildman–Crippen LogP) is 1.33. The Balaban J connectivity index is 1.88. The minimum absolute atomic E-state index is 0.0241. The highest BCUT2D eigenvalue weighted by atomic mass is 16.5. The zero-order valence-corrected chi connectivity index (χ0v) is 13.5. The first-order chi connectivity index (χ1) is 11.2. The second-order valence-electron chi connectivity index (χ2n) is 6.19. The van der Waals surface area contributed by atoms with Crippen molar-refractivity contribution in [2.24, 2.45) is 0 Å². The number of hydrogen-bond donors (Lipinski definition) is 0. The molecule has 0 radical (unpaired) electrons. The Bertz CT molecular complexity index is 570. The fourth-order valence-corrected chi connectivity index (χ4v) is 3.69. The first kappa shape index (κ1) is 15.9. The second kappa shape index (κ2) is 6.66. The molecule has 2 saturated heterocycles. The van der Waals surface area contributed by atoms with Gasteiger partial charge in [-0.25, -0.2) is 0 Å². The van der Waals surface area contributed by atoms with E-state index >= 15 is 0 Å². The number of ether oxygens (including phenoxy) is 1. The SMILES string of the molecule is CCN1C(=O)CCN(C(=O)c2ccncc2)CC12CCOCC2.